The van der Waals surface area contributed by atoms with Crippen molar-refractivity contribution in [3.8, 4) is 11.5 Å². The highest BCUT2D eigenvalue weighted by atomic mass is 16.5. The van der Waals surface area contributed by atoms with Gasteiger partial charge in [-0.15, -0.1) is 0 Å². The summed E-state index contributed by atoms with van der Waals surface area (Å²) in [5.41, 5.74) is 3.50. The van der Waals surface area contributed by atoms with Gasteiger partial charge in [-0.1, -0.05) is 25.8 Å². The third kappa shape index (κ3) is 5.60. The molecule has 40 heavy (non-hydrogen) atoms. The fourth-order valence-electron chi connectivity index (χ4n) is 5.65. The van der Waals surface area contributed by atoms with Crippen LogP contribution in [-0.2, 0) is 4.74 Å². The van der Waals surface area contributed by atoms with Crippen LogP contribution in [-0.4, -0.2) is 68.8 Å². The molecule has 3 heterocycles. The minimum atomic E-state index is -0.572. The first-order chi connectivity index (χ1) is 19.4. The van der Waals surface area contributed by atoms with Crippen LogP contribution < -0.4 is 14.9 Å². The zero-order chi connectivity index (χ0) is 28.2. The second-order valence-electron chi connectivity index (χ2n) is 10.8. The molecule has 8 nitrogen and oxygen atoms in total. The molecule has 0 saturated carbocycles. The normalized spacial score (nSPS) is 17.4. The Morgan fingerprint density at radius 2 is 1.73 bits per heavy atom. The SMILES string of the molecule is CCCCCOc1ccc(C2c3c(oc4cc(C)c(C)cc4c3=O)C(=O)N2CCCN2CCOCC2)cc1OC. The molecule has 1 unspecified atom stereocenters. The van der Waals surface area contributed by atoms with Crippen molar-refractivity contribution in [3.63, 3.8) is 0 Å². The zero-order valence-electron chi connectivity index (χ0n) is 24.1. The number of unbranched alkanes of at least 4 members (excludes halogenated alkanes) is 2. The molecule has 8 heteroatoms. The van der Waals surface area contributed by atoms with E-state index in [1.54, 1.807) is 12.0 Å². The number of nitrogens with zero attached hydrogens (tertiary/aromatic N) is 2. The number of carbonyl (C=O) groups excluding carboxylic acids is 1. The molecule has 2 aromatic carbocycles. The highest BCUT2D eigenvalue weighted by Crippen LogP contribution is 2.41. The van der Waals surface area contributed by atoms with Crippen LogP contribution in [0.2, 0.25) is 0 Å². The number of methoxy groups -OCH3 is 1. The molecule has 0 bridgehead atoms. The summed E-state index contributed by atoms with van der Waals surface area (Å²) in [4.78, 5) is 32.0. The number of ether oxygens (including phenoxy) is 3. The number of benzene rings is 2. The Morgan fingerprint density at radius 3 is 2.48 bits per heavy atom. The number of fused-ring (bicyclic) bond motifs is 2. The van der Waals surface area contributed by atoms with Crippen LogP contribution >= 0.6 is 0 Å². The summed E-state index contributed by atoms with van der Waals surface area (Å²) in [6, 6.07) is 8.85. The molecule has 1 saturated heterocycles. The fourth-order valence-corrected chi connectivity index (χ4v) is 5.65. The maximum Gasteiger partial charge on any atom is 0.290 e. The molecule has 3 aromatic rings. The van der Waals surface area contributed by atoms with E-state index in [0.29, 0.717) is 41.2 Å². The van der Waals surface area contributed by atoms with Gasteiger partial charge in [0.2, 0.25) is 5.76 Å². The van der Waals surface area contributed by atoms with Gasteiger partial charge in [-0.2, -0.15) is 0 Å². The van der Waals surface area contributed by atoms with Gasteiger partial charge in [-0.25, -0.2) is 0 Å². The Kier molecular flexibility index (Phi) is 8.76. The highest BCUT2D eigenvalue weighted by molar-refractivity contribution is 5.99. The first-order valence-corrected chi connectivity index (χ1v) is 14.4. The lowest BCUT2D eigenvalue weighted by atomic mass is 9.97. The first-order valence-electron chi connectivity index (χ1n) is 14.4. The summed E-state index contributed by atoms with van der Waals surface area (Å²) in [6.07, 6.45) is 3.96. The van der Waals surface area contributed by atoms with E-state index < -0.39 is 6.04 Å². The van der Waals surface area contributed by atoms with Crippen LogP contribution in [0, 0.1) is 13.8 Å². The Hall–Kier alpha value is -3.36. The maximum atomic E-state index is 14.0. The number of hydrogen-bond acceptors (Lipinski definition) is 7. The van der Waals surface area contributed by atoms with Gasteiger partial charge < -0.3 is 23.5 Å². The van der Waals surface area contributed by atoms with Crippen LogP contribution in [0.1, 0.15) is 71.5 Å². The van der Waals surface area contributed by atoms with Crippen molar-refractivity contribution >= 4 is 16.9 Å². The van der Waals surface area contributed by atoms with Crippen molar-refractivity contribution in [2.45, 2.75) is 52.5 Å². The van der Waals surface area contributed by atoms with E-state index >= 15 is 0 Å². The van der Waals surface area contributed by atoms with Crippen LogP contribution in [0.25, 0.3) is 11.0 Å². The fraction of sp³-hybridized carbons (Fsp3) is 0.500. The van der Waals surface area contributed by atoms with E-state index in [1.807, 2.05) is 44.2 Å². The average molecular weight is 549 g/mol. The van der Waals surface area contributed by atoms with Crippen molar-refractivity contribution in [3.05, 3.63) is 68.6 Å². The number of morpholine rings is 1. The number of aryl methyl sites for hydroxylation is 2. The van der Waals surface area contributed by atoms with Gasteiger partial charge in [0, 0.05) is 26.2 Å². The smallest absolute Gasteiger partial charge is 0.290 e. The first kappa shape index (κ1) is 28.2. The minimum absolute atomic E-state index is 0.135. The summed E-state index contributed by atoms with van der Waals surface area (Å²) in [6.45, 7) is 11.3. The Balaban J connectivity index is 1.52. The van der Waals surface area contributed by atoms with E-state index in [1.165, 1.54) is 0 Å². The van der Waals surface area contributed by atoms with Crippen molar-refractivity contribution in [1.29, 1.82) is 0 Å². The number of carbonyl (C=O) groups is 1. The summed E-state index contributed by atoms with van der Waals surface area (Å²) in [5, 5.41) is 0.498. The molecule has 214 valence electrons. The molecule has 5 rings (SSSR count). The van der Waals surface area contributed by atoms with Crippen molar-refractivity contribution in [1.82, 2.24) is 9.80 Å². The molecule has 0 spiro atoms. The highest BCUT2D eigenvalue weighted by Gasteiger charge is 2.42. The quantitative estimate of drug-likeness (QED) is 0.303. The monoisotopic (exact) mass is 548 g/mol. The van der Waals surface area contributed by atoms with Gasteiger partial charge in [-0.3, -0.25) is 14.5 Å². The van der Waals surface area contributed by atoms with Gasteiger partial charge in [0.1, 0.15) is 5.58 Å². The summed E-state index contributed by atoms with van der Waals surface area (Å²) >= 11 is 0. The zero-order valence-corrected chi connectivity index (χ0v) is 24.1. The minimum Gasteiger partial charge on any atom is -0.493 e. The second kappa shape index (κ2) is 12.4. The van der Waals surface area contributed by atoms with Gasteiger partial charge >= 0.3 is 0 Å². The van der Waals surface area contributed by atoms with Crippen LogP contribution in [0.4, 0.5) is 0 Å². The van der Waals surface area contributed by atoms with Gasteiger partial charge in [-0.05, 0) is 67.6 Å². The van der Waals surface area contributed by atoms with E-state index in [2.05, 4.69) is 11.8 Å². The molecule has 2 aliphatic rings. The predicted octanol–water partition coefficient (Wildman–Crippen LogP) is 5.25. The van der Waals surface area contributed by atoms with Crippen LogP contribution in [0.15, 0.2) is 39.5 Å². The molecule has 1 aromatic heterocycles. The summed E-state index contributed by atoms with van der Waals surface area (Å²) in [5.74, 6) is 1.12. The van der Waals surface area contributed by atoms with Crippen LogP contribution in [0.5, 0.6) is 11.5 Å². The van der Waals surface area contributed by atoms with Gasteiger partial charge in [0.15, 0.2) is 16.9 Å². The molecule has 1 amide bonds. The lowest BCUT2D eigenvalue weighted by Gasteiger charge is -2.29. The van der Waals surface area contributed by atoms with E-state index in [9.17, 15) is 9.59 Å². The number of amides is 1. The maximum absolute atomic E-state index is 14.0. The molecule has 1 atom stereocenters. The molecular weight excluding hydrogens is 508 g/mol. The van der Waals surface area contributed by atoms with Crippen molar-refractivity contribution in [2.24, 2.45) is 0 Å². The molecule has 1 fully saturated rings. The van der Waals surface area contributed by atoms with E-state index in [-0.39, 0.29) is 17.1 Å². The Morgan fingerprint density at radius 1 is 0.950 bits per heavy atom. The largest absolute Gasteiger partial charge is 0.493 e. The summed E-state index contributed by atoms with van der Waals surface area (Å²) in [7, 11) is 1.61. The Bertz CT molecular complexity index is 1430. The predicted molar refractivity (Wildman–Crippen MR) is 155 cm³/mol. The van der Waals surface area contributed by atoms with Crippen molar-refractivity contribution in [2.75, 3.05) is 53.1 Å². The topological polar surface area (TPSA) is 81.5 Å². The lowest BCUT2D eigenvalue weighted by Crippen LogP contribution is -2.38. The third-order valence-electron chi connectivity index (χ3n) is 8.07. The molecule has 0 N–H and O–H groups in total. The van der Waals surface area contributed by atoms with E-state index in [0.717, 1.165) is 75.2 Å². The van der Waals surface area contributed by atoms with Crippen LogP contribution in [0.3, 0.4) is 0 Å². The number of hydrogen-bond donors (Lipinski definition) is 0. The van der Waals surface area contributed by atoms with E-state index in [4.69, 9.17) is 18.6 Å². The molecular formula is C32H40N2O6. The second-order valence-corrected chi connectivity index (χ2v) is 10.8. The van der Waals surface area contributed by atoms with Gasteiger partial charge in [0.05, 0.1) is 43.9 Å². The van der Waals surface area contributed by atoms with Crippen molar-refractivity contribution < 1.29 is 23.4 Å². The van der Waals surface area contributed by atoms with Gasteiger partial charge in [0.25, 0.3) is 5.91 Å². The molecule has 2 aliphatic heterocycles. The average Bonchev–Trinajstić information content (AvgIpc) is 3.24. The number of rotatable bonds is 11. The molecule has 0 radical (unpaired) electrons. The Labute approximate surface area is 235 Å². The standard InChI is InChI=1S/C32H40N2O6/c1-5-6-7-15-39-25-10-9-23(20-27(25)37-4)29-28-30(35)24-18-21(2)22(3)19-26(24)40-31(28)32(36)34(29)12-8-11-33-13-16-38-17-14-33/h9-10,18-20,29H,5-8,11-17H2,1-4H3. The molecule has 0 aliphatic carbocycles. The third-order valence-corrected chi connectivity index (χ3v) is 8.07. The summed E-state index contributed by atoms with van der Waals surface area (Å²) < 4.78 is 23.4. The lowest BCUT2D eigenvalue weighted by molar-refractivity contribution is 0.0353.